The predicted molar refractivity (Wildman–Crippen MR) is 104 cm³/mol. The molecule has 7 heteroatoms. The third-order valence-electron chi connectivity index (χ3n) is 3.82. The molecule has 0 radical (unpaired) electrons. The molecular formula is C18H22ClNO3S2. The highest BCUT2D eigenvalue weighted by Gasteiger charge is 2.21. The van der Waals surface area contributed by atoms with Gasteiger partial charge in [-0.3, -0.25) is 4.79 Å². The van der Waals surface area contributed by atoms with E-state index in [0.29, 0.717) is 30.3 Å². The van der Waals surface area contributed by atoms with Gasteiger partial charge < -0.3 is 4.90 Å². The van der Waals surface area contributed by atoms with Crippen molar-refractivity contribution < 1.29 is 13.2 Å². The van der Waals surface area contributed by atoms with Crippen molar-refractivity contribution in [2.45, 2.75) is 26.3 Å². The molecule has 1 heterocycles. The first-order valence-corrected chi connectivity index (χ1v) is 11.2. The van der Waals surface area contributed by atoms with E-state index in [0.717, 1.165) is 10.4 Å². The summed E-state index contributed by atoms with van der Waals surface area (Å²) in [7, 11) is -3.41. The molecule has 0 aliphatic heterocycles. The van der Waals surface area contributed by atoms with E-state index in [9.17, 15) is 13.2 Å². The van der Waals surface area contributed by atoms with Crippen molar-refractivity contribution in [3.63, 3.8) is 0 Å². The fraction of sp³-hybridized carbons (Fsp3) is 0.389. The number of hydrogen-bond acceptors (Lipinski definition) is 4. The molecule has 1 aromatic carbocycles. The summed E-state index contributed by atoms with van der Waals surface area (Å²) in [6.45, 7) is 2.70. The molecule has 0 spiro atoms. The zero-order valence-corrected chi connectivity index (χ0v) is 16.5. The van der Waals surface area contributed by atoms with Crippen LogP contribution in [-0.4, -0.2) is 37.3 Å². The summed E-state index contributed by atoms with van der Waals surface area (Å²) in [6, 6.07) is 13.4. The van der Waals surface area contributed by atoms with Crippen molar-refractivity contribution in [2.24, 2.45) is 0 Å². The van der Waals surface area contributed by atoms with Crippen LogP contribution in [0.2, 0.25) is 4.34 Å². The van der Waals surface area contributed by atoms with Crippen LogP contribution >= 0.6 is 22.9 Å². The Balaban J connectivity index is 1.85. The Kier molecular flexibility index (Phi) is 7.47. The van der Waals surface area contributed by atoms with Gasteiger partial charge in [0.2, 0.25) is 5.91 Å². The van der Waals surface area contributed by atoms with E-state index in [1.165, 1.54) is 11.3 Å². The van der Waals surface area contributed by atoms with Gasteiger partial charge in [-0.05, 0) is 37.5 Å². The first-order chi connectivity index (χ1) is 11.9. The number of benzene rings is 1. The lowest BCUT2D eigenvalue weighted by molar-refractivity contribution is -0.128. The Hall–Kier alpha value is -1.37. The molecule has 1 amide bonds. The zero-order valence-electron chi connectivity index (χ0n) is 14.2. The lowest BCUT2D eigenvalue weighted by Gasteiger charge is -2.20. The quantitative estimate of drug-likeness (QED) is 0.644. The number of aryl methyl sites for hydroxylation is 1. The molecule has 25 heavy (non-hydrogen) atoms. The molecule has 0 saturated heterocycles. The van der Waals surface area contributed by atoms with Crippen LogP contribution in [0.15, 0.2) is 42.5 Å². The molecule has 136 valence electrons. The maximum absolute atomic E-state index is 12.4. The second kappa shape index (κ2) is 9.36. The standard InChI is InChI=1S/C18H22ClNO3S2/c1-2-20(13-16-10-11-17(19)24-16)18(21)14-25(22,23)12-6-9-15-7-4-3-5-8-15/h3-5,7-8,10-11H,2,6,9,12-14H2,1H3. The summed E-state index contributed by atoms with van der Waals surface area (Å²) in [4.78, 5) is 14.9. The smallest absolute Gasteiger partial charge is 0.238 e. The van der Waals surface area contributed by atoms with Crippen LogP contribution < -0.4 is 0 Å². The summed E-state index contributed by atoms with van der Waals surface area (Å²) in [6.07, 6.45) is 1.21. The number of carbonyl (C=O) groups is 1. The van der Waals surface area contributed by atoms with Gasteiger partial charge in [0.15, 0.2) is 9.84 Å². The van der Waals surface area contributed by atoms with Crippen molar-refractivity contribution in [2.75, 3.05) is 18.1 Å². The average Bonchev–Trinajstić information content (AvgIpc) is 2.98. The van der Waals surface area contributed by atoms with E-state index in [1.807, 2.05) is 43.3 Å². The van der Waals surface area contributed by atoms with E-state index in [4.69, 9.17) is 11.6 Å². The fourth-order valence-corrected chi connectivity index (χ4v) is 4.88. The van der Waals surface area contributed by atoms with Gasteiger partial charge in [-0.25, -0.2) is 8.42 Å². The van der Waals surface area contributed by atoms with Crippen LogP contribution in [-0.2, 0) is 27.6 Å². The molecule has 2 aromatic rings. The van der Waals surface area contributed by atoms with E-state index in [-0.39, 0.29) is 11.7 Å². The van der Waals surface area contributed by atoms with E-state index < -0.39 is 15.6 Å². The minimum atomic E-state index is -3.41. The largest absolute Gasteiger partial charge is 0.337 e. The minimum Gasteiger partial charge on any atom is -0.337 e. The molecule has 0 atom stereocenters. The highest BCUT2D eigenvalue weighted by molar-refractivity contribution is 7.92. The lowest BCUT2D eigenvalue weighted by atomic mass is 10.1. The van der Waals surface area contributed by atoms with E-state index in [1.54, 1.807) is 11.0 Å². The molecule has 1 aromatic heterocycles. The lowest BCUT2D eigenvalue weighted by Crippen LogP contribution is -2.35. The van der Waals surface area contributed by atoms with Crippen molar-refractivity contribution in [3.8, 4) is 0 Å². The Labute approximate surface area is 158 Å². The molecule has 0 N–H and O–H groups in total. The number of carbonyl (C=O) groups excluding carboxylic acids is 1. The van der Waals surface area contributed by atoms with Gasteiger partial charge in [0.05, 0.1) is 16.6 Å². The number of nitrogens with zero attached hydrogens (tertiary/aromatic N) is 1. The third-order valence-corrected chi connectivity index (χ3v) is 6.63. The molecule has 0 aliphatic carbocycles. The molecular weight excluding hydrogens is 378 g/mol. The molecule has 0 aliphatic rings. The number of hydrogen-bond donors (Lipinski definition) is 0. The van der Waals surface area contributed by atoms with Gasteiger partial charge in [-0.2, -0.15) is 0 Å². The summed E-state index contributed by atoms with van der Waals surface area (Å²) < 4.78 is 25.1. The second-order valence-corrected chi connectivity index (χ2v) is 9.78. The number of rotatable bonds is 9. The van der Waals surface area contributed by atoms with Gasteiger partial charge in [0.25, 0.3) is 0 Å². The predicted octanol–water partition coefficient (Wildman–Crippen LogP) is 3.80. The Bertz CT molecular complexity index is 788. The molecule has 2 rings (SSSR count). The molecule has 4 nitrogen and oxygen atoms in total. The Morgan fingerprint density at radius 2 is 1.88 bits per heavy atom. The van der Waals surface area contributed by atoms with Crippen LogP contribution in [0.4, 0.5) is 0 Å². The maximum atomic E-state index is 12.4. The van der Waals surface area contributed by atoms with Gasteiger partial charge in [-0.15, -0.1) is 11.3 Å². The van der Waals surface area contributed by atoms with Crippen molar-refractivity contribution >= 4 is 38.7 Å². The topological polar surface area (TPSA) is 54.5 Å². The average molecular weight is 400 g/mol. The normalized spacial score (nSPS) is 11.4. The van der Waals surface area contributed by atoms with Crippen molar-refractivity contribution in [3.05, 3.63) is 57.2 Å². The third kappa shape index (κ3) is 6.80. The van der Waals surface area contributed by atoms with Crippen molar-refractivity contribution in [1.29, 1.82) is 0 Å². The summed E-state index contributed by atoms with van der Waals surface area (Å²) in [5.74, 6) is -0.767. The molecule has 0 saturated carbocycles. The van der Waals surface area contributed by atoms with Gasteiger partial charge in [0, 0.05) is 11.4 Å². The van der Waals surface area contributed by atoms with Gasteiger partial charge in [0.1, 0.15) is 5.75 Å². The highest BCUT2D eigenvalue weighted by atomic mass is 35.5. The molecule has 0 fully saturated rings. The Morgan fingerprint density at radius 3 is 2.48 bits per heavy atom. The van der Waals surface area contributed by atoms with Crippen LogP contribution in [0.25, 0.3) is 0 Å². The summed E-state index contributed by atoms with van der Waals surface area (Å²) >= 11 is 7.30. The highest BCUT2D eigenvalue weighted by Crippen LogP contribution is 2.22. The summed E-state index contributed by atoms with van der Waals surface area (Å²) in [5.41, 5.74) is 1.11. The monoisotopic (exact) mass is 399 g/mol. The molecule has 0 unspecified atom stereocenters. The number of sulfone groups is 1. The fourth-order valence-electron chi connectivity index (χ4n) is 2.49. The van der Waals surface area contributed by atoms with Crippen molar-refractivity contribution in [1.82, 2.24) is 4.90 Å². The second-order valence-electron chi connectivity index (χ2n) is 5.79. The SMILES string of the molecule is CCN(Cc1ccc(Cl)s1)C(=O)CS(=O)(=O)CCCc1ccccc1. The van der Waals surface area contributed by atoms with E-state index in [2.05, 4.69) is 0 Å². The first kappa shape index (κ1) is 19.9. The van der Waals surface area contributed by atoms with E-state index >= 15 is 0 Å². The zero-order chi connectivity index (χ0) is 18.3. The first-order valence-electron chi connectivity index (χ1n) is 8.16. The van der Waals surface area contributed by atoms with Crippen LogP contribution in [0.5, 0.6) is 0 Å². The number of halogens is 1. The van der Waals surface area contributed by atoms with Gasteiger partial charge >= 0.3 is 0 Å². The van der Waals surface area contributed by atoms with Crippen LogP contribution in [0, 0.1) is 0 Å². The maximum Gasteiger partial charge on any atom is 0.238 e. The minimum absolute atomic E-state index is 0.0238. The van der Waals surface area contributed by atoms with Crippen LogP contribution in [0.3, 0.4) is 0 Å². The number of thiophene rings is 1. The van der Waals surface area contributed by atoms with Gasteiger partial charge in [-0.1, -0.05) is 41.9 Å². The van der Waals surface area contributed by atoms with Crippen LogP contribution in [0.1, 0.15) is 23.8 Å². The molecule has 0 bridgehead atoms. The summed E-state index contributed by atoms with van der Waals surface area (Å²) in [5, 5.41) is 0. The Morgan fingerprint density at radius 1 is 1.16 bits per heavy atom. The number of amides is 1.